The van der Waals surface area contributed by atoms with Crippen molar-refractivity contribution in [3.63, 3.8) is 0 Å². The van der Waals surface area contributed by atoms with E-state index < -0.39 is 11.9 Å². The van der Waals surface area contributed by atoms with Crippen LogP contribution in [0.15, 0.2) is 11.1 Å². The maximum absolute atomic E-state index is 10.0. The predicted molar refractivity (Wildman–Crippen MR) is 34.9 cm³/mol. The van der Waals surface area contributed by atoms with Crippen LogP contribution in [0.2, 0.25) is 0 Å². The summed E-state index contributed by atoms with van der Waals surface area (Å²) in [5, 5.41) is 8.24. The Morgan fingerprint density at radius 2 is 2.38 bits per heavy atom. The van der Waals surface area contributed by atoms with Gasteiger partial charge >= 0.3 is 5.97 Å². The lowest BCUT2D eigenvalue weighted by Crippen LogP contribution is -2.04. The molecule has 0 fully saturated rings. The third-order valence-electron chi connectivity index (χ3n) is 0.751. The summed E-state index contributed by atoms with van der Waals surface area (Å²) in [5.41, 5.74) is 0. The molecule has 0 bridgehead atoms. The van der Waals surface area contributed by atoms with Gasteiger partial charge in [0.15, 0.2) is 0 Å². The number of hydrogen-bond acceptors (Lipinski definition) is 1. The van der Waals surface area contributed by atoms with Crippen LogP contribution in [-0.4, -0.2) is 11.1 Å². The van der Waals surface area contributed by atoms with Crippen molar-refractivity contribution in [3.8, 4) is 0 Å². The number of rotatable bonds is 2. The Morgan fingerprint density at radius 3 is 2.50 bits per heavy atom. The molecule has 0 saturated heterocycles. The highest BCUT2D eigenvalue weighted by atomic mass is 79.9. The minimum absolute atomic E-state index is 0.394. The number of hydrogen-bond donors (Lipinski definition) is 1. The van der Waals surface area contributed by atoms with Crippen molar-refractivity contribution in [2.45, 2.75) is 6.92 Å². The second kappa shape index (κ2) is 3.66. The fraction of sp³-hybridized carbons (Fsp3) is 0.400. The minimum Gasteiger partial charge on any atom is -0.481 e. The van der Waals surface area contributed by atoms with Gasteiger partial charge in [-0.25, -0.2) is 0 Å². The molecule has 1 N–H and O–H groups in total. The summed E-state index contributed by atoms with van der Waals surface area (Å²) in [6.45, 7) is 1.61. The Kier molecular flexibility index (Phi) is 3.52. The summed E-state index contributed by atoms with van der Waals surface area (Å²) in [6, 6.07) is 0. The zero-order chi connectivity index (χ0) is 6.57. The summed E-state index contributed by atoms with van der Waals surface area (Å²) >= 11 is 2.97. The van der Waals surface area contributed by atoms with Crippen LogP contribution in [0.4, 0.5) is 0 Å². The molecule has 0 heterocycles. The standard InChI is InChI=1S/C5H7BrO2/c1-4(2-3-6)5(7)8/h2-4H,1H3,(H,7,8). The van der Waals surface area contributed by atoms with E-state index >= 15 is 0 Å². The lowest BCUT2D eigenvalue weighted by Gasteiger charge is -1.93. The average molecular weight is 179 g/mol. The normalized spacial score (nSPS) is 14.2. The van der Waals surface area contributed by atoms with Gasteiger partial charge < -0.3 is 5.11 Å². The van der Waals surface area contributed by atoms with Crippen molar-refractivity contribution in [1.82, 2.24) is 0 Å². The van der Waals surface area contributed by atoms with Gasteiger partial charge in [-0.3, -0.25) is 4.79 Å². The quantitative estimate of drug-likeness (QED) is 0.699. The van der Waals surface area contributed by atoms with Gasteiger partial charge in [-0.1, -0.05) is 22.0 Å². The van der Waals surface area contributed by atoms with Gasteiger partial charge in [0.05, 0.1) is 5.92 Å². The van der Waals surface area contributed by atoms with E-state index in [1.807, 2.05) is 0 Å². The average Bonchev–Trinajstić information content (AvgIpc) is 1.67. The molecule has 1 unspecified atom stereocenters. The Hall–Kier alpha value is -0.310. The van der Waals surface area contributed by atoms with E-state index in [-0.39, 0.29) is 0 Å². The van der Waals surface area contributed by atoms with Gasteiger partial charge in [0, 0.05) is 0 Å². The van der Waals surface area contributed by atoms with E-state index in [0.29, 0.717) is 0 Å². The van der Waals surface area contributed by atoms with Crippen LogP contribution in [0.1, 0.15) is 6.92 Å². The maximum Gasteiger partial charge on any atom is 0.310 e. The molecule has 0 aliphatic carbocycles. The Balaban J connectivity index is 3.64. The second-order valence-corrected chi connectivity index (χ2v) is 1.97. The lowest BCUT2D eigenvalue weighted by molar-refractivity contribution is -0.139. The zero-order valence-electron chi connectivity index (χ0n) is 4.47. The van der Waals surface area contributed by atoms with Gasteiger partial charge in [0.25, 0.3) is 0 Å². The number of aliphatic carboxylic acids is 1. The van der Waals surface area contributed by atoms with Crippen molar-refractivity contribution in [2.75, 3.05) is 0 Å². The first-order valence-corrected chi connectivity index (χ1v) is 3.09. The first kappa shape index (κ1) is 7.69. The van der Waals surface area contributed by atoms with E-state index in [4.69, 9.17) is 5.11 Å². The largest absolute Gasteiger partial charge is 0.481 e. The molecule has 8 heavy (non-hydrogen) atoms. The van der Waals surface area contributed by atoms with Gasteiger partial charge in [-0.05, 0) is 11.9 Å². The molecule has 0 aliphatic rings. The van der Waals surface area contributed by atoms with E-state index in [0.717, 1.165) is 0 Å². The molecular weight excluding hydrogens is 172 g/mol. The molecule has 1 atom stereocenters. The maximum atomic E-state index is 10.0. The first-order valence-electron chi connectivity index (χ1n) is 2.18. The lowest BCUT2D eigenvalue weighted by atomic mass is 10.2. The molecule has 0 aliphatic heterocycles. The van der Waals surface area contributed by atoms with Crippen molar-refractivity contribution < 1.29 is 9.90 Å². The number of carboxylic acid groups (broad SMARTS) is 1. The monoisotopic (exact) mass is 178 g/mol. The molecule has 0 spiro atoms. The van der Waals surface area contributed by atoms with E-state index in [1.54, 1.807) is 18.0 Å². The van der Waals surface area contributed by atoms with Gasteiger partial charge in [0.2, 0.25) is 0 Å². The summed E-state index contributed by atoms with van der Waals surface area (Å²) in [6.07, 6.45) is 1.56. The fourth-order valence-corrected chi connectivity index (χ4v) is 0.649. The van der Waals surface area contributed by atoms with Crippen LogP contribution in [0.25, 0.3) is 0 Å². The van der Waals surface area contributed by atoms with Gasteiger partial charge in [-0.2, -0.15) is 0 Å². The number of carboxylic acids is 1. The molecule has 0 radical (unpaired) electrons. The highest BCUT2D eigenvalue weighted by Gasteiger charge is 2.03. The fourth-order valence-electron chi connectivity index (χ4n) is 0.191. The van der Waals surface area contributed by atoms with E-state index in [1.165, 1.54) is 0 Å². The van der Waals surface area contributed by atoms with Crippen LogP contribution in [-0.2, 0) is 4.79 Å². The molecule has 3 heteroatoms. The summed E-state index contributed by atoms with van der Waals surface area (Å²) in [5.74, 6) is -1.20. The highest BCUT2D eigenvalue weighted by molar-refractivity contribution is 9.11. The van der Waals surface area contributed by atoms with Crippen molar-refractivity contribution in [3.05, 3.63) is 11.1 Å². The van der Waals surface area contributed by atoms with Crippen LogP contribution in [0.5, 0.6) is 0 Å². The molecule has 0 amide bonds. The van der Waals surface area contributed by atoms with Crippen molar-refractivity contribution in [2.24, 2.45) is 5.92 Å². The van der Waals surface area contributed by atoms with E-state index in [9.17, 15) is 4.79 Å². The molecule has 0 aromatic heterocycles. The zero-order valence-corrected chi connectivity index (χ0v) is 6.05. The Morgan fingerprint density at radius 1 is 1.88 bits per heavy atom. The minimum atomic E-state index is -0.805. The van der Waals surface area contributed by atoms with Gasteiger partial charge in [0.1, 0.15) is 0 Å². The third-order valence-corrected chi connectivity index (χ3v) is 1.06. The molecule has 0 aromatic carbocycles. The summed E-state index contributed by atoms with van der Waals surface area (Å²) in [7, 11) is 0. The van der Waals surface area contributed by atoms with Crippen LogP contribution < -0.4 is 0 Å². The SMILES string of the molecule is CC(C=CBr)C(=O)O. The van der Waals surface area contributed by atoms with Gasteiger partial charge in [-0.15, -0.1) is 0 Å². The molecule has 0 rings (SSSR count). The molecule has 0 saturated carbocycles. The molecule has 2 nitrogen and oxygen atoms in total. The first-order chi connectivity index (χ1) is 3.68. The summed E-state index contributed by atoms with van der Waals surface area (Å²) < 4.78 is 0. The van der Waals surface area contributed by atoms with Crippen LogP contribution in [0, 0.1) is 5.92 Å². The molecule has 46 valence electrons. The van der Waals surface area contributed by atoms with Crippen molar-refractivity contribution >= 4 is 21.9 Å². The predicted octanol–water partition coefficient (Wildman–Crippen LogP) is 1.62. The van der Waals surface area contributed by atoms with Crippen LogP contribution in [0.3, 0.4) is 0 Å². The van der Waals surface area contributed by atoms with E-state index in [2.05, 4.69) is 15.9 Å². The topological polar surface area (TPSA) is 37.3 Å². The summed E-state index contributed by atoms with van der Waals surface area (Å²) in [4.78, 5) is 11.6. The van der Waals surface area contributed by atoms with Crippen LogP contribution >= 0.6 is 15.9 Å². The highest BCUT2D eigenvalue weighted by Crippen LogP contribution is 1.97. The molecule has 0 aromatic rings. The second-order valence-electron chi connectivity index (χ2n) is 1.45. The number of halogens is 1. The van der Waals surface area contributed by atoms with Crippen molar-refractivity contribution in [1.29, 1.82) is 0 Å². The number of carbonyl (C=O) groups is 1. The third kappa shape index (κ3) is 2.80. The Labute approximate surface area is 56.3 Å². The molecular formula is C5H7BrO2. The Bertz CT molecular complexity index is 109. The smallest absolute Gasteiger partial charge is 0.310 e.